The van der Waals surface area contributed by atoms with E-state index < -0.39 is 21.2 Å². The Bertz CT molecular complexity index is 885. The summed E-state index contributed by atoms with van der Waals surface area (Å²) >= 11 is 3.26. The molecule has 4 saturated carbocycles. The quantitative estimate of drug-likeness (QED) is 0.615. The molecule has 0 heterocycles. The van der Waals surface area contributed by atoms with Gasteiger partial charge in [0, 0.05) is 10.5 Å². The maximum absolute atomic E-state index is 13.0. The Kier molecular flexibility index (Phi) is 4.93. The van der Waals surface area contributed by atoms with Crippen molar-refractivity contribution in [3.8, 4) is 0 Å². The summed E-state index contributed by atoms with van der Waals surface area (Å²) in [6, 6.07) is 6.55. The minimum Gasteiger partial charge on any atom is -0.390 e. The molecule has 4 fully saturated rings. The van der Waals surface area contributed by atoms with Crippen molar-refractivity contribution >= 4 is 31.9 Å². The lowest BCUT2D eigenvalue weighted by Gasteiger charge is -2.58. The van der Waals surface area contributed by atoms with Crippen LogP contribution in [0.4, 0.5) is 0 Å². The second-order valence-electron chi connectivity index (χ2n) is 9.35. The van der Waals surface area contributed by atoms with Crippen LogP contribution in [0.3, 0.4) is 0 Å². The zero-order chi connectivity index (χ0) is 20.3. The number of rotatable bonds is 5. The molecule has 0 aliphatic heterocycles. The van der Waals surface area contributed by atoms with Crippen molar-refractivity contribution in [3.63, 3.8) is 0 Å². The van der Waals surface area contributed by atoms with Crippen LogP contribution in [0.2, 0.25) is 0 Å². The third-order valence-corrected chi connectivity index (χ3v) is 9.29. The lowest BCUT2D eigenvalue weighted by atomic mass is 9.52. The van der Waals surface area contributed by atoms with Gasteiger partial charge in [-0.2, -0.15) is 4.72 Å². The van der Waals surface area contributed by atoms with Crippen molar-refractivity contribution < 1.29 is 18.3 Å². The molecule has 4 aliphatic carbocycles. The van der Waals surface area contributed by atoms with Gasteiger partial charge in [-0.3, -0.25) is 4.79 Å². The highest BCUT2D eigenvalue weighted by atomic mass is 79.9. The lowest BCUT2D eigenvalue weighted by Crippen LogP contribution is -2.65. The van der Waals surface area contributed by atoms with Crippen molar-refractivity contribution in [2.45, 2.75) is 68.0 Å². The highest BCUT2D eigenvalue weighted by Crippen LogP contribution is 2.55. The van der Waals surface area contributed by atoms with Crippen molar-refractivity contribution in [2.75, 3.05) is 0 Å². The number of sulfonamides is 1. The molecule has 2 unspecified atom stereocenters. The van der Waals surface area contributed by atoms with Crippen LogP contribution in [0.5, 0.6) is 0 Å². The molecule has 154 valence electrons. The smallest absolute Gasteiger partial charge is 0.242 e. The van der Waals surface area contributed by atoms with Gasteiger partial charge in [0.05, 0.1) is 10.5 Å². The Morgan fingerprint density at radius 3 is 2.36 bits per heavy atom. The van der Waals surface area contributed by atoms with Gasteiger partial charge in [0.25, 0.3) is 0 Å². The molecular formula is C20H27BrN2O4S. The van der Waals surface area contributed by atoms with E-state index in [4.69, 9.17) is 0 Å². The summed E-state index contributed by atoms with van der Waals surface area (Å²) in [7, 11) is -3.86. The van der Waals surface area contributed by atoms with E-state index in [1.54, 1.807) is 32.0 Å². The van der Waals surface area contributed by atoms with E-state index in [0.717, 1.165) is 32.1 Å². The minimum atomic E-state index is -3.86. The van der Waals surface area contributed by atoms with Gasteiger partial charge in [0.1, 0.15) is 5.54 Å². The monoisotopic (exact) mass is 470 g/mol. The number of amides is 1. The van der Waals surface area contributed by atoms with Gasteiger partial charge in [-0.1, -0.05) is 12.1 Å². The van der Waals surface area contributed by atoms with Gasteiger partial charge >= 0.3 is 0 Å². The average Bonchev–Trinajstić information content (AvgIpc) is 2.55. The summed E-state index contributed by atoms with van der Waals surface area (Å²) in [5, 5.41) is 13.8. The molecule has 3 N–H and O–H groups in total. The van der Waals surface area contributed by atoms with Crippen LogP contribution in [0.15, 0.2) is 33.6 Å². The van der Waals surface area contributed by atoms with Gasteiger partial charge in [0.15, 0.2) is 0 Å². The lowest BCUT2D eigenvalue weighted by molar-refractivity contribution is -0.148. The van der Waals surface area contributed by atoms with Crippen LogP contribution >= 0.6 is 15.9 Å². The number of carbonyl (C=O) groups excluding carboxylic acids is 1. The molecule has 1 aromatic rings. The SMILES string of the molecule is CC(C)(NS(=O)(=O)c1ccccc1Br)C(=O)NC1C2CC3CC1CC(O)(C3)C2. The Morgan fingerprint density at radius 1 is 1.18 bits per heavy atom. The second-order valence-corrected chi connectivity index (χ2v) is 11.9. The third kappa shape index (κ3) is 3.64. The molecule has 0 aromatic heterocycles. The Labute approximate surface area is 174 Å². The molecule has 8 heteroatoms. The number of nitrogens with one attached hydrogen (secondary N) is 2. The molecule has 28 heavy (non-hydrogen) atoms. The Morgan fingerprint density at radius 2 is 1.79 bits per heavy atom. The third-order valence-electron chi connectivity index (χ3n) is 6.62. The van der Waals surface area contributed by atoms with Crippen molar-refractivity contribution in [3.05, 3.63) is 28.7 Å². The first kappa shape index (κ1) is 20.3. The highest BCUT2D eigenvalue weighted by molar-refractivity contribution is 9.10. The maximum atomic E-state index is 13.0. The molecule has 1 aromatic carbocycles. The fourth-order valence-corrected chi connectivity index (χ4v) is 8.03. The van der Waals surface area contributed by atoms with E-state index in [1.165, 1.54) is 6.07 Å². The van der Waals surface area contributed by atoms with Crippen LogP contribution in [0.1, 0.15) is 46.0 Å². The summed E-state index contributed by atoms with van der Waals surface area (Å²) in [5.41, 5.74) is -1.85. The molecular weight excluding hydrogens is 444 g/mol. The van der Waals surface area contributed by atoms with E-state index >= 15 is 0 Å². The first-order valence-electron chi connectivity index (χ1n) is 9.81. The Hall–Kier alpha value is -0.960. The highest BCUT2D eigenvalue weighted by Gasteiger charge is 2.55. The first-order chi connectivity index (χ1) is 13.0. The second kappa shape index (κ2) is 6.79. The number of hydrogen-bond acceptors (Lipinski definition) is 4. The predicted molar refractivity (Wildman–Crippen MR) is 109 cm³/mol. The van der Waals surface area contributed by atoms with Gasteiger partial charge in [-0.15, -0.1) is 0 Å². The standard InChI is InChI=1S/C20H27BrN2O4S/c1-19(2,23-28(26,27)16-6-4-3-5-15(16)21)18(24)22-17-13-7-12-8-14(17)11-20(25,9-12)10-13/h3-6,12-14,17,23,25H,7-11H2,1-2H3,(H,22,24). The summed E-state index contributed by atoms with van der Waals surface area (Å²) in [4.78, 5) is 13.1. The fraction of sp³-hybridized carbons (Fsp3) is 0.650. The number of hydrogen-bond donors (Lipinski definition) is 3. The van der Waals surface area contributed by atoms with Gasteiger partial charge in [0.2, 0.25) is 15.9 Å². The van der Waals surface area contributed by atoms with Crippen LogP contribution in [-0.4, -0.2) is 36.6 Å². The van der Waals surface area contributed by atoms with E-state index in [1.807, 2.05) is 0 Å². The zero-order valence-corrected chi connectivity index (χ0v) is 18.5. The number of aliphatic hydroxyl groups is 1. The molecule has 4 bridgehead atoms. The van der Waals surface area contributed by atoms with E-state index in [9.17, 15) is 18.3 Å². The number of benzene rings is 1. The largest absolute Gasteiger partial charge is 0.390 e. The molecule has 0 spiro atoms. The fourth-order valence-electron chi connectivity index (χ4n) is 5.65. The number of halogens is 1. The molecule has 4 aliphatic rings. The van der Waals surface area contributed by atoms with Crippen LogP contribution in [0, 0.1) is 17.8 Å². The van der Waals surface area contributed by atoms with Gasteiger partial charge < -0.3 is 10.4 Å². The van der Waals surface area contributed by atoms with E-state index in [0.29, 0.717) is 10.4 Å². The van der Waals surface area contributed by atoms with Crippen LogP contribution in [-0.2, 0) is 14.8 Å². The van der Waals surface area contributed by atoms with Crippen LogP contribution < -0.4 is 10.0 Å². The maximum Gasteiger partial charge on any atom is 0.242 e. The van der Waals surface area contributed by atoms with Gasteiger partial charge in [-0.05, 0) is 91.8 Å². The van der Waals surface area contributed by atoms with Crippen molar-refractivity contribution in [1.29, 1.82) is 0 Å². The average molecular weight is 471 g/mol. The van der Waals surface area contributed by atoms with Crippen molar-refractivity contribution in [2.24, 2.45) is 17.8 Å². The molecule has 2 atom stereocenters. The Balaban J connectivity index is 1.48. The van der Waals surface area contributed by atoms with E-state index in [-0.39, 0.29) is 28.7 Å². The summed E-state index contributed by atoms with van der Waals surface area (Å²) in [5.74, 6) is 0.775. The zero-order valence-electron chi connectivity index (χ0n) is 16.1. The summed E-state index contributed by atoms with van der Waals surface area (Å²) in [6.45, 7) is 3.17. The molecule has 5 rings (SSSR count). The molecule has 0 saturated heterocycles. The topological polar surface area (TPSA) is 95.5 Å². The minimum absolute atomic E-state index is 0.0107. The van der Waals surface area contributed by atoms with E-state index in [2.05, 4.69) is 26.0 Å². The normalized spacial score (nSPS) is 34.4. The molecule has 0 radical (unpaired) electrons. The summed E-state index contributed by atoms with van der Waals surface area (Å²) in [6.07, 6.45) is 4.42. The van der Waals surface area contributed by atoms with Crippen LogP contribution in [0.25, 0.3) is 0 Å². The van der Waals surface area contributed by atoms with Gasteiger partial charge in [-0.25, -0.2) is 8.42 Å². The number of carbonyl (C=O) groups is 1. The predicted octanol–water partition coefficient (Wildman–Crippen LogP) is 2.56. The van der Waals surface area contributed by atoms with Crippen molar-refractivity contribution in [1.82, 2.24) is 10.0 Å². The molecule has 6 nitrogen and oxygen atoms in total. The molecule has 1 amide bonds. The first-order valence-corrected chi connectivity index (χ1v) is 12.1. The summed E-state index contributed by atoms with van der Waals surface area (Å²) < 4.78 is 28.6.